The van der Waals surface area contributed by atoms with Crippen molar-refractivity contribution in [3.8, 4) is 0 Å². The van der Waals surface area contributed by atoms with E-state index in [0.717, 1.165) is 30.9 Å². The third-order valence-electron chi connectivity index (χ3n) is 4.82. The molecule has 2 heterocycles. The number of likely N-dealkylation sites (tertiary alicyclic amines) is 1. The summed E-state index contributed by atoms with van der Waals surface area (Å²) in [5.41, 5.74) is 0.736. The lowest BCUT2D eigenvalue weighted by molar-refractivity contribution is 0.0391. The van der Waals surface area contributed by atoms with Gasteiger partial charge < -0.3 is 4.90 Å². The molecule has 0 aromatic carbocycles. The largest absolute Gasteiger partial charge is 0.335 e. The highest BCUT2D eigenvalue weighted by Crippen LogP contribution is 2.37. The molecule has 1 amide bonds. The first-order chi connectivity index (χ1) is 9.70. The molecule has 20 heavy (non-hydrogen) atoms. The second-order valence-electron chi connectivity index (χ2n) is 6.01. The molecule has 4 heteroatoms. The summed E-state index contributed by atoms with van der Waals surface area (Å²) >= 11 is 7.84. The van der Waals surface area contributed by atoms with E-state index in [0.29, 0.717) is 10.4 Å². The molecule has 1 aliphatic heterocycles. The molecule has 0 N–H and O–H groups in total. The van der Waals surface area contributed by atoms with E-state index in [4.69, 9.17) is 11.6 Å². The summed E-state index contributed by atoms with van der Waals surface area (Å²) in [5, 5.41) is 0. The number of halogens is 1. The first kappa shape index (κ1) is 14.4. The van der Waals surface area contributed by atoms with Crippen molar-refractivity contribution in [3.63, 3.8) is 0 Å². The Labute approximate surface area is 130 Å². The zero-order chi connectivity index (χ0) is 14.1. The zero-order valence-electron chi connectivity index (χ0n) is 12.0. The van der Waals surface area contributed by atoms with E-state index in [1.807, 2.05) is 6.07 Å². The smallest absolute Gasteiger partial charge is 0.256 e. The molecule has 0 radical (unpaired) electrons. The van der Waals surface area contributed by atoms with Gasteiger partial charge in [-0.3, -0.25) is 4.79 Å². The van der Waals surface area contributed by atoms with Crippen LogP contribution in [0.15, 0.2) is 6.07 Å². The Balaban J connectivity index is 1.83. The Bertz CT molecular complexity index is 497. The van der Waals surface area contributed by atoms with Gasteiger partial charge >= 0.3 is 0 Å². The van der Waals surface area contributed by atoms with Crippen molar-refractivity contribution in [2.24, 2.45) is 5.92 Å². The van der Waals surface area contributed by atoms with Crippen LogP contribution in [0.4, 0.5) is 0 Å². The van der Waals surface area contributed by atoms with Crippen molar-refractivity contribution in [1.29, 1.82) is 0 Å². The number of hydrogen-bond acceptors (Lipinski definition) is 2. The quantitative estimate of drug-likeness (QED) is 0.771. The molecular formula is C16H22ClNOS. The molecule has 1 aromatic heterocycles. The standard InChI is InChI=1S/C16H22ClNOS/c1-2-12-10-13(15(17)20-12)16(19)18-9-5-7-11-6-3-4-8-14(11)18/h10-11,14H,2-9H2,1H3. The van der Waals surface area contributed by atoms with Crippen molar-refractivity contribution >= 4 is 28.8 Å². The Morgan fingerprint density at radius 3 is 2.85 bits per heavy atom. The predicted molar refractivity (Wildman–Crippen MR) is 84.7 cm³/mol. The SMILES string of the molecule is CCc1cc(C(=O)N2CCCC3CCCCC32)c(Cl)s1. The second kappa shape index (κ2) is 6.07. The third-order valence-corrected chi connectivity index (χ3v) is 6.32. The van der Waals surface area contributed by atoms with Gasteiger partial charge in [-0.2, -0.15) is 0 Å². The summed E-state index contributed by atoms with van der Waals surface area (Å²) in [7, 11) is 0. The number of nitrogens with zero attached hydrogens (tertiary/aromatic N) is 1. The molecule has 2 nitrogen and oxygen atoms in total. The molecule has 3 rings (SSSR count). The minimum Gasteiger partial charge on any atom is -0.335 e. The lowest BCUT2D eigenvalue weighted by Gasteiger charge is -2.44. The summed E-state index contributed by atoms with van der Waals surface area (Å²) in [6.07, 6.45) is 8.47. The minimum absolute atomic E-state index is 0.169. The minimum atomic E-state index is 0.169. The number of hydrogen-bond donors (Lipinski definition) is 0. The third kappa shape index (κ3) is 2.62. The number of thiophene rings is 1. The van der Waals surface area contributed by atoms with Crippen molar-refractivity contribution in [3.05, 3.63) is 20.8 Å². The maximum Gasteiger partial charge on any atom is 0.256 e. The average Bonchev–Trinajstić information content (AvgIpc) is 2.87. The normalized spacial score (nSPS) is 26.4. The number of carbonyl (C=O) groups excluding carboxylic acids is 1. The molecular weight excluding hydrogens is 290 g/mol. The summed E-state index contributed by atoms with van der Waals surface area (Å²) in [6, 6.07) is 2.47. The van der Waals surface area contributed by atoms with Gasteiger partial charge in [0.1, 0.15) is 4.34 Å². The van der Waals surface area contributed by atoms with E-state index in [1.54, 1.807) is 11.3 Å². The van der Waals surface area contributed by atoms with Crippen LogP contribution in [-0.4, -0.2) is 23.4 Å². The zero-order valence-corrected chi connectivity index (χ0v) is 13.6. The van der Waals surface area contributed by atoms with E-state index in [2.05, 4.69) is 11.8 Å². The molecule has 0 bridgehead atoms. The van der Waals surface area contributed by atoms with Crippen LogP contribution in [0.3, 0.4) is 0 Å². The van der Waals surface area contributed by atoms with Crippen molar-refractivity contribution in [2.45, 2.75) is 57.9 Å². The highest BCUT2D eigenvalue weighted by atomic mass is 35.5. The van der Waals surface area contributed by atoms with Gasteiger partial charge in [0, 0.05) is 17.5 Å². The Hall–Kier alpha value is -0.540. The van der Waals surface area contributed by atoms with Gasteiger partial charge in [0.25, 0.3) is 5.91 Å². The lowest BCUT2D eigenvalue weighted by Crippen LogP contribution is -2.49. The molecule has 1 aliphatic carbocycles. The highest BCUT2D eigenvalue weighted by molar-refractivity contribution is 7.16. The van der Waals surface area contributed by atoms with E-state index >= 15 is 0 Å². The number of rotatable bonds is 2. The average molecular weight is 312 g/mol. The van der Waals surface area contributed by atoms with Crippen LogP contribution in [0.5, 0.6) is 0 Å². The topological polar surface area (TPSA) is 20.3 Å². The van der Waals surface area contributed by atoms with Crippen LogP contribution in [0.25, 0.3) is 0 Å². The Kier molecular flexibility index (Phi) is 4.37. The van der Waals surface area contributed by atoms with Crippen molar-refractivity contribution in [1.82, 2.24) is 4.90 Å². The fourth-order valence-electron chi connectivity index (χ4n) is 3.77. The molecule has 0 spiro atoms. The Morgan fingerprint density at radius 2 is 2.10 bits per heavy atom. The van der Waals surface area contributed by atoms with Gasteiger partial charge in [0.05, 0.1) is 5.56 Å². The van der Waals surface area contributed by atoms with Crippen LogP contribution in [0, 0.1) is 5.92 Å². The Morgan fingerprint density at radius 1 is 1.35 bits per heavy atom. The van der Waals surface area contributed by atoms with Gasteiger partial charge in [-0.1, -0.05) is 31.4 Å². The van der Waals surface area contributed by atoms with Crippen molar-refractivity contribution in [2.75, 3.05) is 6.54 Å². The first-order valence-electron chi connectivity index (χ1n) is 7.80. The lowest BCUT2D eigenvalue weighted by atomic mass is 9.78. The van der Waals surface area contributed by atoms with Crippen LogP contribution in [-0.2, 0) is 6.42 Å². The molecule has 2 atom stereocenters. The van der Waals surface area contributed by atoms with Crippen LogP contribution in [0.2, 0.25) is 4.34 Å². The van der Waals surface area contributed by atoms with E-state index in [9.17, 15) is 4.79 Å². The van der Waals surface area contributed by atoms with Gasteiger partial charge in [0.2, 0.25) is 0 Å². The number of amides is 1. The van der Waals surface area contributed by atoms with Crippen LogP contribution in [0.1, 0.15) is 60.7 Å². The van der Waals surface area contributed by atoms with E-state index in [1.165, 1.54) is 37.0 Å². The maximum absolute atomic E-state index is 12.9. The monoisotopic (exact) mass is 311 g/mol. The predicted octanol–water partition coefficient (Wildman–Crippen LogP) is 4.76. The van der Waals surface area contributed by atoms with Crippen LogP contribution < -0.4 is 0 Å². The summed E-state index contributed by atoms with van der Waals surface area (Å²) in [6.45, 7) is 3.02. The van der Waals surface area contributed by atoms with Gasteiger partial charge in [-0.15, -0.1) is 11.3 Å². The summed E-state index contributed by atoms with van der Waals surface area (Å²) < 4.78 is 0.671. The molecule has 1 aromatic rings. The summed E-state index contributed by atoms with van der Waals surface area (Å²) in [4.78, 5) is 16.2. The second-order valence-corrected chi connectivity index (χ2v) is 7.75. The highest BCUT2D eigenvalue weighted by Gasteiger charge is 2.36. The molecule has 110 valence electrons. The molecule has 1 saturated carbocycles. The number of carbonyl (C=O) groups is 1. The fraction of sp³-hybridized carbons (Fsp3) is 0.688. The van der Waals surface area contributed by atoms with Crippen molar-refractivity contribution < 1.29 is 4.79 Å². The van der Waals surface area contributed by atoms with Crippen LogP contribution >= 0.6 is 22.9 Å². The molecule has 2 aliphatic rings. The summed E-state index contributed by atoms with van der Waals surface area (Å²) in [5.74, 6) is 0.895. The van der Waals surface area contributed by atoms with Gasteiger partial charge in [-0.05, 0) is 44.1 Å². The number of fused-ring (bicyclic) bond motifs is 1. The molecule has 1 saturated heterocycles. The maximum atomic E-state index is 12.9. The molecule has 2 fully saturated rings. The van der Waals surface area contributed by atoms with Gasteiger partial charge in [0.15, 0.2) is 0 Å². The van der Waals surface area contributed by atoms with E-state index in [-0.39, 0.29) is 5.91 Å². The van der Waals surface area contributed by atoms with E-state index < -0.39 is 0 Å². The first-order valence-corrected chi connectivity index (χ1v) is 8.99. The number of aryl methyl sites for hydroxylation is 1. The molecule has 2 unspecified atom stereocenters. The van der Waals surface area contributed by atoms with Gasteiger partial charge in [-0.25, -0.2) is 0 Å². The number of piperidine rings is 1. The fourth-order valence-corrected chi connectivity index (χ4v) is 5.01.